The van der Waals surface area contributed by atoms with Crippen LogP contribution in [0.25, 0.3) is 6.08 Å². The molecular formula is C11H10O4. The second-order valence-electron chi connectivity index (χ2n) is 2.72. The molecule has 15 heavy (non-hydrogen) atoms. The van der Waals surface area contributed by atoms with E-state index in [-0.39, 0.29) is 0 Å². The molecule has 0 fully saturated rings. The third-order valence-corrected chi connectivity index (χ3v) is 1.54. The highest BCUT2D eigenvalue weighted by atomic mass is 16.7. The zero-order valence-electron chi connectivity index (χ0n) is 8.23. The number of ether oxygens (including phenoxy) is 2. The van der Waals surface area contributed by atoms with Gasteiger partial charge < -0.3 is 9.47 Å². The molecule has 0 aliphatic heterocycles. The number of carbonyl (C=O) groups is 2. The fourth-order valence-corrected chi connectivity index (χ4v) is 0.906. The van der Waals surface area contributed by atoms with Crippen LogP contribution in [-0.4, -0.2) is 12.1 Å². The fraction of sp³-hybridized carbons (Fsp3) is 0.0909. The highest BCUT2D eigenvalue weighted by Crippen LogP contribution is 2.13. The molecule has 1 aromatic carbocycles. The number of hydrogen-bond donors (Lipinski definition) is 0. The molecule has 0 spiro atoms. The molecule has 0 aliphatic carbocycles. The summed E-state index contributed by atoms with van der Waals surface area (Å²) >= 11 is 0. The van der Waals surface area contributed by atoms with Crippen molar-refractivity contribution in [2.45, 2.75) is 6.92 Å². The third-order valence-electron chi connectivity index (χ3n) is 1.54. The number of benzene rings is 1. The van der Waals surface area contributed by atoms with Gasteiger partial charge in [0.15, 0.2) is 0 Å². The first-order valence-corrected chi connectivity index (χ1v) is 4.24. The normalized spacial score (nSPS) is 9.13. The summed E-state index contributed by atoms with van der Waals surface area (Å²) in [5, 5.41) is 0. The molecule has 0 amide bonds. The van der Waals surface area contributed by atoms with Gasteiger partial charge in [-0.15, -0.1) is 0 Å². The molecule has 0 saturated carbocycles. The van der Waals surface area contributed by atoms with Crippen LogP contribution in [0.15, 0.2) is 30.8 Å². The number of carbonyl (C=O) groups excluding carboxylic acids is 2. The maximum Gasteiger partial charge on any atom is 0.521 e. The van der Waals surface area contributed by atoms with Crippen molar-refractivity contribution >= 4 is 18.2 Å². The largest absolute Gasteiger partial charge is 0.521 e. The molecule has 1 rings (SSSR count). The van der Waals surface area contributed by atoms with Crippen molar-refractivity contribution in [2.75, 3.05) is 0 Å². The van der Waals surface area contributed by atoms with Crippen LogP contribution in [0.2, 0.25) is 0 Å². The van der Waals surface area contributed by atoms with E-state index in [4.69, 9.17) is 4.74 Å². The van der Waals surface area contributed by atoms with Gasteiger partial charge in [-0.25, -0.2) is 4.79 Å². The zero-order valence-corrected chi connectivity index (χ0v) is 8.23. The molecule has 78 valence electrons. The fourth-order valence-electron chi connectivity index (χ4n) is 0.906. The molecule has 0 N–H and O–H groups in total. The third kappa shape index (κ3) is 3.64. The van der Waals surface area contributed by atoms with E-state index in [1.165, 1.54) is 0 Å². The van der Waals surface area contributed by atoms with Crippen molar-refractivity contribution in [2.24, 2.45) is 0 Å². The first kappa shape index (κ1) is 11.0. The van der Waals surface area contributed by atoms with Crippen molar-refractivity contribution in [1.29, 1.82) is 0 Å². The number of esters is 1. The van der Waals surface area contributed by atoms with Gasteiger partial charge in [-0.3, -0.25) is 4.79 Å². The van der Waals surface area contributed by atoms with Crippen molar-refractivity contribution in [3.8, 4) is 5.75 Å². The van der Waals surface area contributed by atoms with E-state index in [1.807, 2.05) is 0 Å². The number of hydrogen-bond acceptors (Lipinski definition) is 4. The Hall–Kier alpha value is -2.10. The Morgan fingerprint density at radius 1 is 1.27 bits per heavy atom. The summed E-state index contributed by atoms with van der Waals surface area (Å²) in [6, 6.07) is 6.61. The predicted molar refractivity (Wildman–Crippen MR) is 54.3 cm³/mol. The van der Waals surface area contributed by atoms with Crippen molar-refractivity contribution < 1.29 is 19.1 Å². The molecule has 0 radical (unpaired) electrons. The molecule has 0 bridgehead atoms. The molecule has 4 heteroatoms. The average molecular weight is 206 g/mol. The standard InChI is InChI=1S/C11H10O4/c1-3-9-4-6-10(7-5-9)15-11(13)14-8(2)12/h3-7H,1H2,2H3. The summed E-state index contributed by atoms with van der Waals surface area (Å²) in [5.41, 5.74) is 0.905. The van der Waals surface area contributed by atoms with Gasteiger partial charge >= 0.3 is 12.1 Å². The minimum absolute atomic E-state index is 0.312. The molecular weight excluding hydrogens is 196 g/mol. The van der Waals surface area contributed by atoms with E-state index in [0.29, 0.717) is 5.75 Å². The Kier molecular flexibility index (Phi) is 3.62. The smallest absolute Gasteiger partial charge is 0.395 e. The molecule has 0 heterocycles. The van der Waals surface area contributed by atoms with Crippen molar-refractivity contribution in [3.63, 3.8) is 0 Å². The van der Waals surface area contributed by atoms with E-state index < -0.39 is 12.1 Å². The van der Waals surface area contributed by atoms with E-state index in [0.717, 1.165) is 12.5 Å². The minimum atomic E-state index is -1.03. The molecule has 0 aromatic heterocycles. The topological polar surface area (TPSA) is 52.6 Å². The summed E-state index contributed by atoms with van der Waals surface area (Å²) in [6.07, 6.45) is 0.631. The first-order chi connectivity index (χ1) is 7.11. The summed E-state index contributed by atoms with van der Waals surface area (Å²) in [4.78, 5) is 21.3. The number of rotatable bonds is 2. The predicted octanol–water partition coefficient (Wildman–Crippen LogP) is 2.39. The summed E-state index contributed by atoms with van der Waals surface area (Å²) in [6.45, 7) is 4.71. The summed E-state index contributed by atoms with van der Waals surface area (Å²) in [5.74, 6) is -0.394. The molecule has 0 atom stereocenters. The summed E-state index contributed by atoms with van der Waals surface area (Å²) < 4.78 is 8.90. The lowest BCUT2D eigenvalue weighted by Gasteiger charge is -2.02. The lowest BCUT2D eigenvalue weighted by molar-refractivity contribution is -0.136. The first-order valence-electron chi connectivity index (χ1n) is 4.24. The van der Waals surface area contributed by atoms with E-state index in [9.17, 15) is 9.59 Å². The Bertz CT molecular complexity index is 378. The maximum atomic E-state index is 10.9. The average Bonchev–Trinajstić information content (AvgIpc) is 2.17. The Morgan fingerprint density at radius 2 is 1.87 bits per heavy atom. The second-order valence-corrected chi connectivity index (χ2v) is 2.72. The van der Waals surface area contributed by atoms with Crippen molar-refractivity contribution in [1.82, 2.24) is 0 Å². The van der Waals surface area contributed by atoms with E-state index in [2.05, 4.69) is 11.3 Å². The van der Waals surface area contributed by atoms with Gasteiger partial charge in [-0.1, -0.05) is 24.8 Å². The molecule has 0 unspecified atom stereocenters. The Labute approximate surface area is 87.1 Å². The molecule has 4 nitrogen and oxygen atoms in total. The zero-order chi connectivity index (χ0) is 11.3. The van der Waals surface area contributed by atoms with Crippen molar-refractivity contribution in [3.05, 3.63) is 36.4 Å². The van der Waals surface area contributed by atoms with Crippen LogP contribution in [-0.2, 0) is 9.53 Å². The van der Waals surface area contributed by atoms with E-state index >= 15 is 0 Å². The minimum Gasteiger partial charge on any atom is -0.395 e. The quantitative estimate of drug-likeness (QED) is 0.423. The molecule has 0 saturated heterocycles. The van der Waals surface area contributed by atoms with Gasteiger partial charge in [-0.2, -0.15) is 0 Å². The van der Waals surface area contributed by atoms with Crippen LogP contribution < -0.4 is 4.74 Å². The van der Waals surface area contributed by atoms with Crippen LogP contribution in [0.3, 0.4) is 0 Å². The SMILES string of the molecule is C=Cc1ccc(OC(=O)OC(C)=O)cc1. The van der Waals surface area contributed by atoms with Gasteiger partial charge in [0, 0.05) is 6.92 Å². The lowest BCUT2D eigenvalue weighted by Crippen LogP contribution is -2.13. The van der Waals surface area contributed by atoms with E-state index in [1.54, 1.807) is 30.3 Å². The lowest BCUT2D eigenvalue weighted by atomic mass is 10.2. The second kappa shape index (κ2) is 4.95. The van der Waals surface area contributed by atoms with Crippen LogP contribution in [0.4, 0.5) is 4.79 Å². The Morgan fingerprint density at radius 3 is 2.33 bits per heavy atom. The van der Waals surface area contributed by atoms with Crippen LogP contribution in [0, 0.1) is 0 Å². The Balaban J connectivity index is 2.61. The maximum absolute atomic E-state index is 10.9. The molecule has 0 aliphatic rings. The molecule has 1 aromatic rings. The van der Waals surface area contributed by atoms with Gasteiger partial charge in [-0.05, 0) is 17.7 Å². The van der Waals surface area contributed by atoms with Crippen LogP contribution >= 0.6 is 0 Å². The highest BCUT2D eigenvalue weighted by Gasteiger charge is 2.08. The monoisotopic (exact) mass is 206 g/mol. The van der Waals surface area contributed by atoms with Gasteiger partial charge in [0.25, 0.3) is 0 Å². The van der Waals surface area contributed by atoms with Gasteiger partial charge in [0.2, 0.25) is 0 Å². The van der Waals surface area contributed by atoms with Gasteiger partial charge in [0.05, 0.1) is 0 Å². The summed E-state index contributed by atoms with van der Waals surface area (Å²) in [7, 11) is 0. The van der Waals surface area contributed by atoms with Crippen LogP contribution in [0.5, 0.6) is 5.75 Å². The highest BCUT2D eigenvalue weighted by molar-refractivity contribution is 5.81. The van der Waals surface area contributed by atoms with Crippen LogP contribution in [0.1, 0.15) is 12.5 Å². The van der Waals surface area contributed by atoms with Gasteiger partial charge in [0.1, 0.15) is 5.75 Å².